The predicted octanol–water partition coefficient (Wildman–Crippen LogP) is 3.52. The van der Waals surface area contributed by atoms with E-state index in [1.807, 2.05) is 36.2 Å². The second kappa shape index (κ2) is 5.97. The van der Waals surface area contributed by atoms with E-state index in [4.69, 9.17) is 11.6 Å². The smallest absolute Gasteiger partial charge is 0.262 e. The molecule has 0 aliphatic carbocycles. The summed E-state index contributed by atoms with van der Waals surface area (Å²) in [5.74, 6) is -0.0562. The van der Waals surface area contributed by atoms with E-state index >= 15 is 0 Å². The van der Waals surface area contributed by atoms with Crippen LogP contribution in [-0.4, -0.2) is 36.0 Å². The molecule has 3 aromatic rings. The van der Waals surface area contributed by atoms with E-state index in [0.29, 0.717) is 30.2 Å². The lowest BCUT2D eigenvalue weighted by Crippen LogP contribution is -2.44. The van der Waals surface area contributed by atoms with Crippen LogP contribution in [0, 0.1) is 5.82 Å². The fourth-order valence-corrected chi connectivity index (χ4v) is 3.05. The van der Waals surface area contributed by atoms with Crippen LogP contribution >= 0.6 is 11.6 Å². The first kappa shape index (κ1) is 15.8. The second-order valence-electron chi connectivity index (χ2n) is 5.86. The molecule has 0 unspecified atom stereocenters. The van der Waals surface area contributed by atoms with Crippen molar-refractivity contribution in [2.45, 2.75) is 0 Å². The summed E-state index contributed by atoms with van der Waals surface area (Å²) in [7, 11) is 1.90. The maximum absolute atomic E-state index is 14.2. The standard InChI is InChI=1S/C18H14ClFN4O/c1-23-8-9-24(18(25)12-7-6-11(19)10-13(12)20)17-16(23)21-14-4-2-3-5-15(14)22-17/h2-7,10H,8-9H2,1H3. The third kappa shape index (κ3) is 2.68. The predicted molar refractivity (Wildman–Crippen MR) is 95.9 cm³/mol. The molecule has 0 N–H and O–H groups in total. The summed E-state index contributed by atoms with van der Waals surface area (Å²) in [5.41, 5.74) is 1.40. The second-order valence-corrected chi connectivity index (χ2v) is 6.30. The molecule has 7 heteroatoms. The molecule has 0 bridgehead atoms. The Morgan fingerprint density at radius 1 is 1.08 bits per heavy atom. The molecule has 0 saturated carbocycles. The Morgan fingerprint density at radius 2 is 1.76 bits per heavy atom. The highest BCUT2D eigenvalue weighted by molar-refractivity contribution is 6.30. The first-order chi connectivity index (χ1) is 12.0. The summed E-state index contributed by atoms with van der Waals surface area (Å²) < 4.78 is 14.2. The number of benzene rings is 2. The maximum atomic E-state index is 14.2. The number of carbonyl (C=O) groups is 1. The van der Waals surface area contributed by atoms with Crippen molar-refractivity contribution in [2.24, 2.45) is 0 Å². The lowest BCUT2D eigenvalue weighted by molar-refractivity contribution is 0.0982. The van der Waals surface area contributed by atoms with Gasteiger partial charge in [-0.15, -0.1) is 0 Å². The van der Waals surface area contributed by atoms with Gasteiger partial charge in [0.15, 0.2) is 11.6 Å². The highest BCUT2D eigenvalue weighted by atomic mass is 35.5. The molecule has 4 rings (SSSR count). The van der Waals surface area contributed by atoms with Crippen LogP contribution in [0.3, 0.4) is 0 Å². The van der Waals surface area contributed by atoms with Gasteiger partial charge in [-0.2, -0.15) is 0 Å². The number of fused-ring (bicyclic) bond motifs is 2. The van der Waals surface area contributed by atoms with E-state index in [9.17, 15) is 9.18 Å². The molecule has 25 heavy (non-hydrogen) atoms. The Balaban J connectivity index is 1.83. The Kier molecular flexibility index (Phi) is 3.77. The molecule has 126 valence electrons. The van der Waals surface area contributed by atoms with Gasteiger partial charge in [0.1, 0.15) is 5.82 Å². The average Bonchev–Trinajstić information content (AvgIpc) is 2.60. The summed E-state index contributed by atoms with van der Waals surface area (Å²) in [6.07, 6.45) is 0. The molecular formula is C18H14ClFN4O. The molecule has 5 nitrogen and oxygen atoms in total. The average molecular weight is 357 g/mol. The third-order valence-corrected chi connectivity index (χ3v) is 4.45. The number of nitrogens with zero attached hydrogens (tertiary/aromatic N) is 4. The molecule has 1 aromatic heterocycles. The van der Waals surface area contributed by atoms with Crippen LogP contribution in [0.1, 0.15) is 10.4 Å². The highest BCUT2D eigenvalue weighted by Crippen LogP contribution is 2.32. The van der Waals surface area contributed by atoms with E-state index in [2.05, 4.69) is 9.97 Å². The van der Waals surface area contributed by atoms with Gasteiger partial charge in [0.25, 0.3) is 5.91 Å². The summed E-state index contributed by atoms with van der Waals surface area (Å²) >= 11 is 5.78. The van der Waals surface area contributed by atoms with Gasteiger partial charge in [0, 0.05) is 25.2 Å². The number of para-hydroxylation sites is 2. The van der Waals surface area contributed by atoms with Crippen LogP contribution in [0.15, 0.2) is 42.5 Å². The van der Waals surface area contributed by atoms with Crippen LogP contribution in [0.4, 0.5) is 16.0 Å². The molecular weight excluding hydrogens is 343 g/mol. The molecule has 0 fully saturated rings. The number of halogens is 2. The molecule has 2 aromatic carbocycles. The molecule has 0 radical (unpaired) electrons. The lowest BCUT2D eigenvalue weighted by Gasteiger charge is -2.33. The molecule has 2 heterocycles. The minimum Gasteiger partial charge on any atom is -0.355 e. The van der Waals surface area contributed by atoms with Crippen molar-refractivity contribution in [1.29, 1.82) is 0 Å². The van der Waals surface area contributed by atoms with E-state index in [1.54, 1.807) is 0 Å². The van der Waals surface area contributed by atoms with Crippen molar-refractivity contribution in [3.8, 4) is 0 Å². The van der Waals surface area contributed by atoms with E-state index in [0.717, 1.165) is 11.6 Å². The van der Waals surface area contributed by atoms with Gasteiger partial charge in [-0.3, -0.25) is 9.69 Å². The fourth-order valence-electron chi connectivity index (χ4n) is 2.89. The monoisotopic (exact) mass is 356 g/mol. The first-order valence-corrected chi connectivity index (χ1v) is 8.17. The van der Waals surface area contributed by atoms with Gasteiger partial charge >= 0.3 is 0 Å². The maximum Gasteiger partial charge on any atom is 0.262 e. The molecule has 1 aliphatic heterocycles. The SMILES string of the molecule is CN1CCN(C(=O)c2ccc(Cl)cc2F)c2nc3ccccc3nc21. The number of anilines is 2. The van der Waals surface area contributed by atoms with Gasteiger partial charge in [0.2, 0.25) is 0 Å². The van der Waals surface area contributed by atoms with Gasteiger partial charge in [-0.1, -0.05) is 23.7 Å². The number of rotatable bonds is 1. The van der Waals surface area contributed by atoms with Crippen molar-refractivity contribution in [3.05, 3.63) is 58.9 Å². The summed E-state index contributed by atoms with van der Waals surface area (Å²) in [6.45, 7) is 0.985. The van der Waals surface area contributed by atoms with Crippen LogP contribution in [0.5, 0.6) is 0 Å². The first-order valence-electron chi connectivity index (χ1n) is 7.79. The van der Waals surface area contributed by atoms with Gasteiger partial charge < -0.3 is 4.90 Å². The molecule has 1 amide bonds. The minimum absolute atomic E-state index is 0.0325. The number of hydrogen-bond acceptors (Lipinski definition) is 4. The quantitative estimate of drug-likeness (QED) is 0.669. The van der Waals surface area contributed by atoms with Crippen molar-refractivity contribution < 1.29 is 9.18 Å². The number of likely N-dealkylation sites (N-methyl/N-ethyl adjacent to an activating group) is 1. The van der Waals surface area contributed by atoms with Gasteiger partial charge in [0.05, 0.1) is 16.6 Å². The van der Waals surface area contributed by atoms with Crippen LogP contribution < -0.4 is 9.80 Å². The largest absolute Gasteiger partial charge is 0.355 e. The van der Waals surface area contributed by atoms with E-state index < -0.39 is 11.7 Å². The minimum atomic E-state index is -0.647. The van der Waals surface area contributed by atoms with Crippen LogP contribution in [0.2, 0.25) is 5.02 Å². The van der Waals surface area contributed by atoms with Gasteiger partial charge in [-0.05, 0) is 30.3 Å². The zero-order valence-electron chi connectivity index (χ0n) is 13.4. The van der Waals surface area contributed by atoms with Crippen molar-refractivity contribution in [1.82, 2.24) is 9.97 Å². The highest BCUT2D eigenvalue weighted by Gasteiger charge is 2.30. The van der Waals surface area contributed by atoms with Crippen molar-refractivity contribution in [3.63, 3.8) is 0 Å². The summed E-state index contributed by atoms with van der Waals surface area (Å²) in [4.78, 5) is 25.5. The van der Waals surface area contributed by atoms with Crippen molar-refractivity contribution in [2.75, 3.05) is 29.9 Å². The Labute approximate surface area is 148 Å². The number of amides is 1. The number of hydrogen-bond donors (Lipinski definition) is 0. The van der Waals surface area contributed by atoms with Crippen LogP contribution in [0.25, 0.3) is 11.0 Å². The van der Waals surface area contributed by atoms with E-state index in [1.165, 1.54) is 17.0 Å². The zero-order chi connectivity index (χ0) is 17.6. The number of aromatic nitrogens is 2. The van der Waals surface area contributed by atoms with E-state index in [-0.39, 0.29) is 10.6 Å². The Morgan fingerprint density at radius 3 is 2.44 bits per heavy atom. The zero-order valence-corrected chi connectivity index (χ0v) is 14.2. The van der Waals surface area contributed by atoms with Gasteiger partial charge in [-0.25, -0.2) is 14.4 Å². The third-order valence-electron chi connectivity index (χ3n) is 4.22. The normalized spacial score (nSPS) is 13.9. The molecule has 0 spiro atoms. The van der Waals surface area contributed by atoms with Crippen LogP contribution in [-0.2, 0) is 0 Å². The summed E-state index contributed by atoms with van der Waals surface area (Å²) in [5, 5.41) is 0.249. The topological polar surface area (TPSA) is 49.3 Å². The molecule has 0 saturated heterocycles. The molecule has 0 atom stereocenters. The Hall–Kier alpha value is -2.73. The Bertz CT molecular complexity index is 994. The fraction of sp³-hybridized carbons (Fsp3) is 0.167. The molecule has 1 aliphatic rings. The van der Waals surface area contributed by atoms with Crippen molar-refractivity contribution >= 4 is 40.2 Å². The lowest BCUT2D eigenvalue weighted by atomic mass is 10.1. The summed E-state index contributed by atoms with van der Waals surface area (Å²) in [6, 6.07) is 11.5. The number of carbonyl (C=O) groups excluding carboxylic acids is 1.